The first-order valence-electron chi connectivity index (χ1n) is 3.80. The maximum absolute atomic E-state index is 11.0. The number of methoxy groups -OCH3 is 1. The average molecular weight is 187 g/mol. The van der Waals surface area contributed by atoms with Gasteiger partial charge in [0.1, 0.15) is 6.04 Å². The van der Waals surface area contributed by atoms with Gasteiger partial charge in [0, 0.05) is 13.8 Å². The van der Waals surface area contributed by atoms with E-state index in [1.807, 2.05) is 0 Å². The Morgan fingerprint density at radius 1 is 1.15 bits per heavy atom. The molecule has 0 spiro atoms. The lowest BCUT2D eigenvalue weighted by atomic mass is 10.3. The Hall–Kier alpha value is -1.39. The van der Waals surface area contributed by atoms with E-state index in [0.29, 0.717) is 0 Å². The van der Waals surface area contributed by atoms with Gasteiger partial charge >= 0.3 is 5.97 Å². The number of hydrogen-bond acceptors (Lipinski definition) is 4. The van der Waals surface area contributed by atoms with Crippen molar-refractivity contribution in [2.75, 3.05) is 7.11 Å². The van der Waals surface area contributed by atoms with Crippen molar-refractivity contribution < 1.29 is 19.1 Å². The highest BCUT2D eigenvalue weighted by atomic mass is 16.5. The highest BCUT2D eigenvalue weighted by molar-refractivity contribution is 5.97. The van der Waals surface area contributed by atoms with E-state index in [1.54, 1.807) is 0 Å². The fourth-order valence-electron chi connectivity index (χ4n) is 1.04. The molecule has 0 fully saturated rings. The molecule has 0 aromatic heterocycles. The van der Waals surface area contributed by atoms with Gasteiger partial charge in [-0.25, -0.2) is 4.79 Å². The van der Waals surface area contributed by atoms with Crippen LogP contribution in [0.25, 0.3) is 0 Å². The molecule has 0 radical (unpaired) electrons. The Labute approximate surface area is 76.7 Å². The Morgan fingerprint density at radius 3 is 1.77 bits per heavy atom. The molecule has 0 aromatic carbocycles. The molecule has 2 amide bonds. The van der Waals surface area contributed by atoms with Crippen LogP contribution in [-0.2, 0) is 19.1 Å². The normalized spacial score (nSPS) is 11.7. The number of amides is 2. The number of nitrogens with zero attached hydrogens (tertiary/aromatic N) is 1. The van der Waals surface area contributed by atoms with Crippen LogP contribution in [0.3, 0.4) is 0 Å². The first-order valence-corrected chi connectivity index (χ1v) is 3.80. The van der Waals surface area contributed by atoms with Crippen LogP contribution >= 0.6 is 0 Å². The summed E-state index contributed by atoms with van der Waals surface area (Å²) in [6.45, 7) is 3.89. The molecular weight excluding hydrogens is 174 g/mol. The number of carbonyl (C=O) groups excluding carboxylic acids is 3. The van der Waals surface area contributed by atoms with Crippen LogP contribution in [0, 0.1) is 0 Å². The van der Waals surface area contributed by atoms with Crippen molar-refractivity contribution in [2.24, 2.45) is 0 Å². The number of imide groups is 1. The first kappa shape index (κ1) is 11.6. The number of esters is 1. The van der Waals surface area contributed by atoms with Crippen LogP contribution in [0.15, 0.2) is 0 Å². The van der Waals surface area contributed by atoms with Crippen LogP contribution in [-0.4, -0.2) is 35.8 Å². The molecule has 13 heavy (non-hydrogen) atoms. The van der Waals surface area contributed by atoms with E-state index in [2.05, 4.69) is 4.74 Å². The molecule has 0 saturated heterocycles. The Morgan fingerprint density at radius 2 is 1.54 bits per heavy atom. The number of carbonyl (C=O) groups is 3. The van der Waals surface area contributed by atoms with E-state index in [-0.39, 0.29) is 0 Å². The van der Waals surface area contributed by atoms with Gasteiger partial charge in [-0.2, -0.15) is 0 Å². The van der Waals surface area contributed by atoms with Gasteiger partial charge < -0.3 is 4.74 Å². The smallest absolute Gasteiger partial charge is 0.328 e. The molecule has 0 bridgehead atoms. The number of ether oxygens (including phenoxy) is 1. The van der Waals surface area contributed by atoms with Gasteiger partial charge in [0.25, 0.3) is 0 Å². The zero-order valence-electron chi connectivity index (χ0n) is 8.16. The fourth-order valence-corrected chi connectivity index (χ4v) is 1.04. The quantitative estimate of drug-likeness (QED) is 0.568. The topological polar surface area (TPSA) is 63.7 Å². The van der Waals surface area contributed by atoms with Gasteiger partial charge in [0.05, 0.1) is 7.11 Å². The minimum Gasteiger partial charge on any atom is -0.467 e. The van der Waals surface area contributed by atoms with E-state index in [9.17, 15) is 14.4 Å². The summed E-state index contributed by atoms with van der Waals surface area (Å²) in [7, 11) is 1.21. The molecule has 0 saturated carbocycles. The molecule has 1 atom stereocenters. The molecule has 0 heterocycles. The second-order valence-electron chi connectivity index (χ2n) is 2.61. The predicted octanol–water partition coefficient (Wildman–Crippen LogP) is -0.0571. The Bertz CT molecular complexity index is 222. The summed E-state index contributed by atoms with van der Waals surface area (Å²) in [6.07, 6.45) is 0. The Balaban J connectivity index is 4.65. The van der Waals surface area contributed by atoms with Crippen molar-refractivity contribution in [3.63, 3.8) is 0 Å². The van der Waals surface area contributed by atoms with Gasteiger partial charge in [-0.15, -0.1) is 0 Å². The largest absolute Gasteiger partial charge is 0.467 e. The maximum atomic E-state index is 11.0. The van der Waals surface area contributed by atoms with E-state index < -0.39 is 23.8 Å². The first-order chi connectivity index (χ1) is 5.91. The average Bonchev–Trinajstić information content (AvgIpc) is 2.01. The Kier molecular flexibility index (Phi) is 4.10. The molecule has 5 heteroatoms. The van der Waals surface area contributed by atoms with E-state index >= 15 is 0 Å². The zero-order chi connectivity index (χ0) is 10.6. The third kappa shape index (κ3) is 2.85. The lowest BCUT2D eigenvalue weighted by Gasteiger charge is -2.22. The van der Waals surface area contributed by atoms with Crippen LogP contribution in [0.5, 0.6) is 0 Å². The standard InChI is InChI=1S/C8H13NO4/c1-5(8(12)13-4)9(6(2)10)7(3)11/h5H,1-4H3. The van der Waals surface area contributed by atoms with Crippen molar-refractivity contribution in [1.82, 2.24) is 4.90 Å². The second-order valence-corrected chi connectivity index (χ2v) is 2.61. The molecule has 0 aliphatic rings. The van der Waals surface area contributed by atoms with Gasteiger partial charge in [-0.05, 0) is 6.92 Å². The zero-order valence-corrected chi connectivity index (χ0v) is 8.16. The molecule has 0 aliphatic carbocycles. The van der Waals surface area contributed by atoms with E-state index in [1.165, 1.54) is 27.9 Å². The molecule has 0 aromatic rings. The lowest BCUT2D eigenvalue weighted by Crippen LogP contribution is -2.45. The highest BCUT2D eigenvalue weighted by Gasteiger charge is 2.27. The van der Waals surface area contributed by atoms with Crippen LogP contribution in [0.1, 0.15) is 20.8 Å². The van der Waals surface area contributed by atoms with Gasteiger partial charge in [0.15, 0.2) is 0 Å². The van der Waals surface area contributed by atoms with Gasteiger partial charge in [-0.3, -0.25) is 14.5 Å². The van der Waals surface area contributed by atoms with Crippen LogP contribution < -0.4 is 0 Å². The summed E-state index contributed by atoms with van der Waals surface area (Å²) < 4.78 is 4.41. The third-order valence-corrected chi connectivity index (χ3v) is 1.61. The summed E-state index contributed by atoms with van der Waals surface area (Å²) in [5, 5.41) is 0. The van der Waals surface area contributed by atoms with Crippen LogP contribution in [0.4, 0.5) is 0 Å². The van der Waals surface area contributed by atoms with E-state index in [4.69, 9.17) is 0 Å². The minimum absolute atomic E-state index is 0.467. The summed E-state index contributed by atoms with van der Waals surface area (Å²) in [5.41, 5.74) is 0. The summed E-state index contributed by atoms with van der Waals surface area (Å²) in [6, 6.07) is -0.861. The SMILES string of the molecule is COC(=O)C(C)N(C(C)=O)C(C)=O. The van der Waals surface area contributed by atoms with Crippen molar-refractivity contribution >= 4 is 17.8 Å². The lowest BCUT2D eigenvalue weighted by molar-refractivity contribution is -0.157. The minimum atomic E-state index is -0.861. The number of rotatable bonds is 2. The predicted molar refractivity (Wildman–Crippen MR) is 44.7 cm³/mol. The highest BCUT2D eigenvalue weighted by Crippen LogP contribution is 2.02. The number of hydrogen-bond donors (Lipinski definition) is 0. The summed E-state index contributed by atoms with van der Waals surface area (Å²) in [5.74, 6) is -1.54. The van der Waals surface area contributed by atoms with Gasteiger partial charge in [-0.1, -0.05) is 0 Å². The van der Waals surface area contributed by atoms with E-state index in [0.717, 1.165) is 4.90 Å². The monoisotopic (exact) mass is 187 g/mol. The molecule has 1 unspecified atom stereocenters. The van der Waals surface area contributed by atoms with Crippen molar-refractivity contribution in [3.8, 4) is 0 Å². The molecule has 0 aliphatic heterocycles. The molecule has 74 valence electrons. The third-order valence-electron chi connectivity index (χ3n) is 1.61. The summed E-state index contributed by atoms with van der Waals surface area (Å²) >= 11 is 0. The molecule has 0 rings (SSSR count). The molecule has 5 nitrogen and oxygen atoms in total. The fraction of sp³-hybridized carbons (Fsp3) is 0.625. The van der Waals surface area contributed by atoms with Gasteiger partial charge in [0.2, 0.25) is 11.8 Å². The maximum Gasteiger partial charge on any atom is 0.328 e. The van der Waals surface area contributed by atoms with Crippen molar-refractivity contribution in [2.45, 2.75) is 26.8 Å². The second kappa shape index (κ2) is 4.59. The van der Waals surface area contributed by atoms with Crippen molar-refractivity contribution in [3.05, 3.63) is 0 Å². The van der Waals surface area contributed by atoms with Crippen LogP contribution in [0.2, 0.25) is 0 Å². The summed E-state index contributed by atoms with van der Waals surface area (Å²) in [4.78, 5) is 33.7. The molecular formula is C8H13NO4. The van der Waals surface area contributed by atoms with Crippen molar-refractivity contribution in [1.29, 1.82) is 0 Å². The molecule has 0 N–H and O–H groups in total.